The summed E-state index contributed by atoms with van der Waals surface area (Å²) in [4.78, 5) is 0. The molecule has 0 aliphatic rings. The number of aryl methyl sites for hydroxylation is 2. The molecule has 0 amide bonds. The molecule has 3 heteroatoms. The van der Waals surface area contributed by atoms with Crippen molar-refractivity contribution in [2.24, 2.45) is 7.05 Å². The van der Waals surface area contributed by atoms with Gasteiger partial charge in [-0.25, -0.2) is 0 Å². The maximum Gasteiger partial charge on any atom is 0.107 e. The van der Waals surface area contributed by atoms with Crippen LogP contribution in [0.25, 0.3) is 10.9 Å². The minimum absolute atomic E-state index is 1.04. The van der Waals surface area contributed by atoms with Crippen LogP contribution in [0, 0.1) is 6.92 Å². The van der Waals surface area contributed by atoms with Gasteiger partial charge in [-0.1, -0.05) is 12.1 Å². The van der Waals surface area contributed by atoms with Crippen LogP contribution in [0.4, 0.5) is 0 Å². The minimum Gasteiger partial charge on any atom is -0.272 e. The second-order valence-electron chi connectivity index (χ2n) is 2.85. The second-order valence-corrected chi connectivity index (χ2v) is 3.70. The van der Waals surface area contributed by atoms with Crippen molar-refractivity contribution in [3.05, 3.63) is 28.4 Å². The first-order valence-electron chi connectivity index (χ1n) is 3.78. The Labute approximate surface area is 79.3 Å². The van der Waals surface area contributed by atoms with Gasteiger partial charge in [0, 0.05) is 22.6 Å². The number of halogens is 1. The van der Waals surface area contributed by atoms with Crippen molar-refractivity contribution < 1.29 is 0 Å². The van der Waals surface area contributed by atoms with Crippen LogP contribution >= 0.6 is 15.9 Å². The lowest BCUT2D eigenvalue weighted by atomic mass is 10.2. The van der Waals surface area contributed by atoms with E-state index in [-0.39, 0.29) is 0 Å². The molecule has 1 heterocycles. The van der Waals surface area contributed by atoms with Crippen molar-refractivity contribution in [1.29, 1.82) is 0 Å². The first-order chi connectivity index (χ1) is 5.70. The van der Waals surface area contributed by atoms with E-state index in [0.717, 1.165) is 9.99 Å². The third-order valence-electron chi connectivity index (χ3n) is 2.11. The number of benzene rings is 1. The normalized spacial score (nSPS) is 10.9. The molecule has 0 spiro atoms. The Morgan fingerprint density at radius 1 is 1.42 bits per heavy atom. The van der Waals surface area contributed by atoms with Crippen LogP contribution < -0.4 is 0 Å². The molecule has 1 aromatic carbocycles. The SMILES string of the molecule is Cc1c2cccc(Br)c2nn1C. The summed E-state index contributed by atoms with van der Waals surface area (Å²) >= 11 is 3.47. The minimum atomic E-state index is 1.04. The quantitative estimate of drug-likeness (QED) is 0.673. The molecule has 1 aromatic heterocycles. The number of nitrogens with zero attached hydrogens (tertiary/aromatic N) is 2. The Balaban J connectivity index is 2.95. The molecule has 0 bridgehead atoms. The van der Waals surface area contributed by atoms with Crippen LogP contribution in [0.1, 0.15) is 5.69 Å². The van der Waals surface area contributed by atoms with Gasteiger partial charge in [-0.3, -0.25) is 4.68 Å². The topological polar surface area (TPSA) is 17.8 Å². The molecule has 0 aliphatic heterocycles. The molecule has 0 atom stereocenters. The van der Waals surface area contributed by atoms with Crippen LogP contribution in [0.5, 0.6) is 0 Å². The molecule has 0 saturated carbocycles. The van der Waals surface area contributed by atoms with E-state index in [0.29, 0.717) is 0 Å². The highest BCUT2D eigenvalue weighted by molar-refractivity contribution is 9.10. The van der Waals surface area contributed by atoms with E-state index in [4.69, 9.17) is 0 Å². The summed E-state index contributed by atoms with van der Waals surface area (Å²) in [5, 5.41) is 5.60. The summed E-state index contributed by atoms with van der Waals surface area (Å²) in [6, 6.07) is 6.12. The van der Waals surface area contributed by atoms with Crippen molar-refractivity contribution in [2.75, 3.05) is 0 Å². The van der Waals surface area contributed by atoms with Gasteiger partial charge in [0.05, 0.1) is 0 Å². The first-order valence-corrected chi connectivity index (χ1v) is 4.57. The summed E-state index contributed by atoms with van der Waals surface area (Å²) in [5.41, 5.74) is 2.24. The number of rotatable bonds is 0. The lowest BCUT2D eigenvalue weighted by molar-refractivity contribution is 0.750. The van der Waals surface area contributed by atoms with Crippen molar-refractivity contribution in [3.63, 3.8) is 0 Å². The summed E-state index contributed by atoms with van der Waals surface area (Å²) < 4.78 is 2.96. The Kier molecular flexibility index (Phi) is 1.68. The predicted molar refractivity (Wildman–Crippen MR) is 53.2 cm³/mol. The first kappa shape index (κ1) is 7.80. The lowest BCUT2D eigenvalue weighted by Crippen LogP contribution is -1.91. The van der Waals surface area contributed by atoms with E-state index in [1.165, 1.54) is 11.1 Å². The van der Waals surface area contributed by atoms with Crippen LogP contribution in [0.15, 0.2) is 22.7 Å². The predicted octanol–water partition coefficient (Wildman–Crippen LogP) is 2.64. The maximum atomic E-state index is 4.38. The van der Waals surface area contributed by atoms with Crippen LogP contribution in [-0.4, -0.2) is 9.78 Å². The largest absolute Gasteiger partial charge is 0.272 e. The molecule has 12 heavy (non-hydrogen) atoms. The Morgan fingerprint density at radius 2 is 2.17 bits per heavy atom. The van der Waals surface area contributed by atoms with E-state index in [2.05, 4.69) is 34.0 Å². The number of hydrogen-bond donors (Lipinski definition) is 0. The zero-order valence-electron chi connectivity index (χ0n) is 7.00. The van der Waals surface area contributed by atoms with E-state index in [9.17, 15) is 0 Å². The van der Waals surface area contributed by atoms with E-state index < -0.39 is 0 Å². The highest BCUT2D eigenvalue weighted by atomic mass is 79.9. The van der Waals surface area contributed by atoms with Gasteiger partial charge in [0.15, 0.2) is 0 Å². The van der Waals surface area contributed by atoms with Gasteiger partial charge < -0.3 is 0 Å². The fourth-order valence-corrected chi connectivity index (χ4v) is 1.75. The van der Waals surface area contributed by atoms with Crippen LogP contribution in [-0.2, 0) is 7.05 Å². The molecular formula is C9H9BrN2. The van der Waals surface area contributed by atoms with Crippen LogP contribution in [0.3, 0.4) is 0 Å². The molecule has 0 fully saturated rings. The van der Waals surface area contributed by atoms with Gasteiger partial charge in [0.2, 0.25) is 0 Å². The standard InChI is InChI=1S/C9H9BrN2/c1-6-7-4-3-5-8(10)9(7)11-12(6)2/h3-5H,1-2H3. The van der Waals surface area contributed by atoms with Gasteiger partial charge in [-0.05, 0) is 28.9 Å². The van der Waals surface area contributed by atoms with E-state index >= 15 is 0 Å². The van der Waals surface area contributed by atoms with Gasteiger partial charge in [0.25, 0.3) is 0 Å². The number of hydrogen-bond acceptors (Lipinski definition) is 1. The highest BCUT2D eigenvalue weighted by Crippen LogP contribution is 2.24. The Hall–Kier alpha value is -0.830. The number of aromatic nitrogens is 2. The molecular weight excluding hydrogens is 216 g/mol. The van der Waals surface area contributed by atoms with E-state index in [1.54, 1.807) is 0 Å². The summed E-state index contributed by atoms with van der Waals surface area (Å²) in [6.07, 6.45) is 0. The summed E-state index contributed by atoms with van der Waals surface area (Å²) in [7, 11) is 1.96. The molecule has 2 rings (SSSR count). The van der Waals surface area contributed by atoms with E-state index in [1.807, 2.05) is 23.9 Å². The van der Waals surface area contributed by atoms with Crippen molar-refractivity contribution in [3.8, 4) is 0 Å². The molecule has 0 aliphatic carbocycles. The van der Waals surface area contributed by atoms with Crippen molar-refractivity contribution in [1.82, 2.24) is 9.78 Å². The van der Waals surface area contributed by atoms with Crippen LogP contribution in [0.2, 0.25) is 0 Å². The Bertz CT molecular complexity index is 431. The van der Waals surface area contributed by atoms with Crippen molar-refractivity contribution >= 4 is 26.8 Å². The summed E-state index contributed by atoms with van der Waals surface area (Å²) in [5.74, 6) is 0. The average molecular weight is 225 g/mol. The summed E-state index contributed by atoms with van der Waals surface area (Å²) in [6.45, 7) is 2.07. The van der Waals surface area contributed by atoms with Gasteiger partial charge in [-0.2, -0.15) is 5.10 Å². The number of fused-ring (bicyclic) bond motifs is 1. The molecule has 0 N–H and O–H groups in total. The highest BCUT2D eigenvalue weighted by Gasteiger charge is 2.05. The smallest absolute Gasteiger partial charge is 0.107 e. The fraction of sp³-hybridized carbons (Fsp3) is 0.222. The Morgan fingerprint density at radius 3 is 2.83 bits per heavy atom. The third-order valence-corrected chi connectivity index (χ3v) is 2.75. The molecule has 2 nitrogen and oxygen atoms in total. The van der Waals surface area contributed by atoms with Gasteiger partial charge in [0.1, 0.15) is 5.52 Å². The van der Waals surface area contributed by atoms with Crippen molar-refractivity contribution in [2.45, 2.75) is 6.92 Å². The molecule has 0 saturated heterocycles. The zero-order valence-corrected chi connectivity index (χ0v) is 8.59. The second kappa shape index (κ2) is 2.59. The molecule has 2 aromatic rings. The fourth-order valence-electron chi connectivity index (χ4n) is 1.31. The zero-order chi connectivity index (χ0) is 8.72. The average Bonchev–Trinajstić information content (AvgIpc) is 2.32. The molecule has 0 unspecified atom stereocenters. The monoisotopic (exact) mass is 224 g/mol. The third kappa shape index (κ3) is 0.966. The maximum absolute atomic E-state index is 4.38. The molecule has 0 radical (unpaired) electrons. The lowest BCUT2D eigenvalue weighted by Gasteiger charge is -1.91. The van der Waals surface area contributed by atoms with Gasteiger partial charge in [-0.15, -0.1) is 0 Å². The van der Waals surface area contributed by atoms with Gasteiger partial charge >= 0.3 is 0 Å². The molecule has 62 valence electrons.